The fourth-order valence-corrected chi connectivity index (χ4v) is 4.46. The number of hydrogen-bond donors (Lipinski definition) is 2. The maximum Gasteiger partial charge on any atom is 0.305 e. The molecular weight excluding hydrogens is 509 g/mol. The highest BCUT2D eigenvalue weighted by Gasteiger charge is 2.23. The van der Waals surface area contributed by atoms with E-state index in [2.05, 4.69) is 10.3 Å². The molecule has 204 valence electrons. The molecule has 2 N–H and O–H groups in total. The molecule has 0 saturated heterocycles. The largest absolute Gasteiger partial charge is 0.481 e. The van der Waals surface area contributed by atoms with Gasteiger partial charge in [0.2, 0.25) is 0 Å². The van der Waals surface area contributed by atoms with E-state index in [1.54, 1.807) is 73.1 Å². The van der Waals surface area contributed by atoms with Crippen molar-refractivity contribution in [3.63, 3.8) is 0 Å². The van der Waals surface area contributed by atoms with Crippen LogP contribution in [0, 0.1) is 5.82 Å². The number of hydrogen-bond acceptors (Lipinski definition) is 4. The van der Waals surface area contributed by atoms with Gasteiger partial charge in [-0.15, -0.1) is 0 Å². The molecule has 1 aromatic heterocycles. The van der Waals surface area contributed by atoms with Crippen LogP contribution >= 0.6 is 0 Å². The summed E-state index contributed by atoms with van der Waals surface area (Å²) in [6.07, 6.45) is 3.71. The van der Waals surface area contributed by atoms with Gasteiger partial charge in [0.25, 0.3) is 11.8 Å². The maximum atomic E-state index is 13.8. The van der Waals surface area contributed by atoms with Crippen LogP contribution < -0.4 is 5.32 Å². The Morgan fingerprint density at radius 1 is 0.875 bits per heavy atom. The van der Waals surface area contributed by atoms with Crippen LogP contribution in [0.3, 0.4) is 0 Å². The fraction of sp³-hybridized carbons (Fsp3) is 0.188. The fourth-order valence-electron chi connectivity index (χ4n) is 4.46. The molecule has 7 nitrogen and oxygen atoms in total. The smallest absolute Gasteiger partial charge is 0.305 e. The lowest BCUT2D eigenvalue weighted by molar-refractivity contribution is -0.137. The van der Waals surface area contributed by atoms with E-state index in [4.69, 9.17) is 0 Å². The molecule has 4 aromatic rings. The average molecular weight is 540 g/mol. The molecule has 40 heavy (non-hydrogen) atoms. The number of pyridine rings is 1. The van der Waals surface area contributed by atoms with Gasteiger partial charge in [-0.25, -0.2) is 4.39 Å². The zero-order valence-corrected chi connectivity index (χ0v) is 22.1. The summed E-state index contributed by atoms with van der Waals surface area (Å²) in [5.74, 6) is -2.01. The third kappa shape index (κ3) is 7.17. The van der Waals surface area contributed by atoms with Crippen LogP contribution in [0.5, 0.6) is 0 Å². The highest BCUT2D eigenvalue weighted by Crippen LogP contribution is 2.29. The molecule has 0 aliphatic heterocycles. The molecule has 0 aliphatic carbocycles. The molecule has 1 heterocycles. The van der Waals surface area contributed by atoms with E-state index in [0.29, 0.717) is 35.2 Å². The first kappa shape index (κ1) is 28.2. The maximum absolute atomic E-state index is 13.8. The summed E-state index contributed by atoms with van der Waals surface area (Å²) in [5, 5.41) is 12.2. The van der Waals surface area contributed by atoms with E-state index in [1.165, 1.54) is 17.0 Å². The third-order valence-corrected chi connectivity index (χ3v) is 6.61. The van der Waals surface area contributed by atoms with Crippen molar-refractivity contribution in [3.8, 4) is 11.1 Å². The van der Waals surface area contributed by atoms with Crippen LogP contribution in [0.25, 0.3) is 11.1 Å². The number of carboxylic acid groups (broad SMARTS) is 1. The van der Waals surface area contributed by atoms with Gasteiger partial charge in [0.15, 0.2) is 0 Å². The Bertz CT molecular complexity index is 1480. The van der Waals surface area contributed by atoms with E-state index in [0.717, 1.165) is 11.1 Å². The van der Waals surface area contributed by atoms with Gasteiger partial charge in [-0.2, -0.15) is 0 Å². The molecule has 0 saturated carbocycles. The molecule has 0 radical (unpaired) electrons. The third-order valence-electron chi connectivity index (χ3n) is 6.61. The van der Waals surface area contributed by atoms with Gasteiger partial charge in [0.1, 0.15) is 5.82 Å². The number of nitrogens with one attached hydrogen (secondary N) is 1. The standard InChI is InChI=1S/C32H30FN3O4/c1-22(24-12-14-25(33)15-13-24)35-31(39)28-10-4-2-8-26(28)27-9-3-5-11-29(27)32(40)36(20-17-30(37)38)19-16-23-7-6-18-34-21-23/h2-15,18,21-22H,16-17,19-20H2,1H3,(H,35,39)(H,37,38). The molecular formula is C32H30FN3O4. The Hall–Kier alpha value is -4.85. The molecule has 0 aliphatic rings. The van der Waals surface area contributed by atoms with E-state index < -0.39 is 5.97 Å². The minimum Gasteiger partial charge on any atom is -0.481 e. The minimum absolute atomic E-state index is 0.0417. The predicted molar refractivity (Wildman–Crippen MR) is 150 cm³/mol. The van der Waals surface area contributed by atoms with Gasteiger partial charge in [-0.3, -0.25) is 19.4 Å². The second kappa shape index (κ2) is 13.3. The highest BCUT2D eigenvalue weighted by molar-refractivity contribution is 6.06. The Balaban J connectivity index is 1.62. The average Bonchev–Trinajstić information content (AvgIpc) is 2.97. The molecule has 0 bridgehead atoms. The first-order valence-electron chi connectivity index (χ1n) is 13.0. The number of carbonyl (C=O) groups is 3. The van der Waals surface area contributed by atoms with Gasteiger partial charge in [-0.05, 0) is 65.9 Å². The van der Waals surface area contributed by atoms with Gasteiger partial charge < -0.3 is 15.3 Å². The number of benzene rings is 3. The quantitative estimate of drug-likeness (QED) is 0.261. The number of aromatic nitrogens is 1. The van der Waals surface area contributed by atoms with E-state index in [-0.39, 0.29) is 36.6 Å². The Morgan fingerprint density at radius 3 is 2.17 bits per heavy atom. The Kier molecular flexibility index (Phi) is 9.35. The predicted octanol–water partition coefficient (Wildman–Crippen LogP) is 5.54. The number of nitrogens with zero attached hydrogens (tertiary/aromatic N) is 2. The molecule has 1 atom stereocenters. The summed E-state index contributed by atoms with van der Waals surface area (Å²) in [4.78, 5) is 44.2. The van der Waals surface area contributed by atoms with E-state index in [9.17, 15) is 23.9 Å². The van der Waals surface area contributed by atoms with Crippen LogP contribution in [0.2, 0.25) is 0 Å². The van der Waals surface area contributed by atoms with E-state index >= 15 is 0 Å². The van der Waals surface area contributed by atoms with Crippen molar-refractivity contribution in [2.75, 3.05) is 13.1 Å². The monoisotopic (exact) mass is 539 g/mol. The second-order valence-corrected chi connectivity index (χ2v) is 9.39. The number of aliphatic carboxylic acids is 1. The lowest BCUT2D eigenvalue weighted by Crippen LogP contribution is -2.35. The van der Waals surface area contributed by atoms with Gasteiger partial charge >= 0.3 is 5.97 Å². The van der Waals surface area contributed by atoms with Crippen molar-refractivity contribution >= 4 is 17.8 Å². The molecule has 0 fully saturated rings. The van der Waals surface area contributed by atoms with Crippen molar-refractivity contribution in [3.05, 3.63) is 125 Å². The second-order valence-electron chi connectivity index (χ2n) is 9.39. The van der Waals surface area contributed by atoms with Crippen molar-refractivity contribution in [2.45, 2.75) is 25.8 Å². The van der Waals surface area contributed by atoms with Crippen molar-refractivity contribution in [1.29, 1.82) is 0 Å². The zero-order valence-electron chi connectivity index (χ0n) is 22.1. The lowest BCUT2D eigenvalue weighted by Gasteiger charge is -2.24. The van der Waals surface area contributed by atoms with E-state index in [1.807, 2.05) is 19.1 Å². The van der Waals surface area contributed by atoms with Crippen LogP contribution in [-0.2, 0) is 11.2 Å². The van der Waals surface area contributed by atoms with Crippen LogP contribution in [0.4, 0.5) is 4.39 Å². The van der Waals surface area contributed by atoms with Crippen LogP contribution in [0.15, 0.2) is 97.3 Å². The molecule has 1 unspecified atom stereocenters. The van der Waals surface area contributed by atoms with Gasteiger partial charge in [0.05, 0.1) is 12.5 Å². The first-order valence-corrected chi connectivity index (χ1v) is 13.0. The molecule has 8 heteroatoms. The highest BCUT2D eigenvalue weighted by atomic mass is 19.1. The Morgan fingerprint density at radius 2 is 1.52 bits per heavy atom. The minimum atomic E-state index is -0.996. The molecule has 0 spiro atoms. The summed E-state index contributed by atoms with van der Waals surface area (Å²) in [7, 11) is 0. The summed E-state index contributed by atoms with van der Waals surface area (Å²) in [6.45, 7) is 2.16. The molecule has 2 amide bonds. The first-order chi connectivity index (χ1) is 19.3. The topological polar surface area (TPSA) is 99.6 Å². The van der Waals surface area contributed by atoms with Gasteiger partial charge in [-0.1, -0.05) is 54.6 Å². The van der Waals surface area contributed by atoms with Crippen LogP contribution in [0.1, 0.15) is 51.2 Å². The number of amides is 2. The summed E-state index contributed by atoms with van der Waals surface area (Å²) < 4.78 is 13.4. The lowest BCUT2D eigenvalue weighted by atomic mass is 9.94. The van der Waals surface area contributed by atoms with Gasteiger partial charge in [0, 0.05) is 36.6 Å². The number of carbonyl (C=O) groups excluding carboxylic acids is 2. The number of carboxylic acids is 1. The Labute approximate surface area is 232 Å². The molecule has 4 rings (SSSR count). The normalized spacial score (nSPS) is 11.4. The van der Waals surface area contributed by atoms with Crippen molar-refractivity contribution in [2.24, 2.45) is 0 Å². The SMILES string of the molecule is CC(NC(=O)c1ccccc1-c1ccccc1C(=O)N(CCC(=O)O)CCc1cccnc1)c1ccc(F)cc1. The van der Waals surface area contributed by atoms with Crippen molar-refractivity contribution in [1.82, 2.24) is 15.2 Å². The molecule has 3 aromatic carbocycles. The summed E-state index contributed by atoms with van der Waals surface area (Å²) in [5.41, 5.74) is 3.57. The number of rotatable bonds is 11. The van der Waals surface area contributed by atoms with Crippen LogP contribution in [-0.4, -0.2) is 45.9 Å². The number of halogens is 1. The summed E-state index contributed by atoms with van der Waals surface area (Å²) in [6, 6.07) is 23.3. The summed E-state index contributed by atoms with van der Waals surface area (Å²) >= 11 is 0. The van der Waals surface area contributed by atoms with Crippen molar-refractivity contribution < 1.29 is 23.9 Å². The zero-order chi connectivity index (χ0) is 28.5.